The first-order valence-corrected chi connectivity index (χ1v) is 16.0. The first kappa shape index (κ1) is 32.0. The molecule has 0 heterocycles. The van der Waals surface area contributed by atoms with E-state index in [1.807, 2.05) is 31.2 Å². The molecule has 2 fully saturated rings. The van der Waals surface area contributed by atoms with Crippen LogP contribution in [0.25, 0.3) is 22.3 Å². The van der Waals surface area contributed by atoms with Gasteiger partial charge in [-0.25, -0.2) is 17.6 Å². The molecule has 0 nitrogen and oxygen atoms in total. The van der Waals surface area contributed by atoms with Crippen molar-refractivity contribution < 1.29 is 17.6 Å². The van der Waals surface area contributed by atoms with Crippen molar-refractivity contribution in [3.8, 4) is 22.3 Å². The molecular formula is C38H46F4. The van der Waals surface area contributed by atoms with E-state index in [0.29, 0.717) is 5.56 Å². The summed E-state index contributed by atoms with van der Waals surface area (Å²) in [5.41, 5.74) is 2.64. The summed E-state index contributed by atoms with van der Waals surface area (Å²) in [5, 5.41) is 0. The Morgan fingerprint density at radius 1 is 0.643 bits per heavy atom. The Labute approximate surface area is 250 Å². The summed E-state index contributed by atoms with van der Waals surface area (Å²) in [5.74, 6) is -0.733. The normalized spacial score (nSPS) is 22.5. The molecule has 0 radical (unpaired) electrons. The Balaban J connectivity index is 0.000000201. The highest BCUT2D eigenvalue weighted by Crippen LogP contribution is 2.42. The lowest BCUT2D eigenvalue weighted by Crippen LogP contribution is -2.25. The van der Waals surface area contributed by atoms with E-state index in [0.717, 1.165) is 47.8 Å². The Hall–Kier alpha value is -2.88. The van der Waals surface area contributed by atoms with E-state index in [4.69, 9.17) is 0 Å². The second-order valence-corrected chi connectivity index (χ2v) is 12.3. The number of aryl methyl sites for hydroxylation is 1. The monoisotopic (exact) mass is 578 g/mol. The van der Waals surface area contributed by atoms with Crippen LogP contribution in [0.1, 0.15) is 90.5 Å². The Morgan fingerprint density at radius 2 is 1.19 bits per heavy atom. The quantitative estimate of drug-likeness (QED) is 0.149. The molecule has 0 atom stereocenters. The molecule has 2 saturated carbocycles. The minimum absolute atomic E-state index is 0.0155. The molecule has 0 bridgehead atoms. The fourth-order valence-electron chi connectivity index (χ4n) is 7.01. The highest BCUT2D eigenvalue weighted by atomic mass is 19.2. The van der Waals surface area contributed by atoms with E-state index >= 15 is 0 Å². The highest BCUT2D eigenvalue weighted by Gasteiger charge is 2.30. The summed E-state index contributed by atoms with van der Waals surface area (Å²) >= 11 is 0. The van der Waals surface area contributed by atoms with Crippen molar-refractivity contribution in [3.63, 3.8) is 0 Å². The van der Waals surface area contributed by atoms with Gasteiger partial charge >= 0.3 is 0 Å². The Kier molecular flexibility index (Phi) is 11.9. The Bertz CT molecular complexity index is 1270. The van der Waals surface area contributed by atoms with Crippen LogP contribution in [0.3, 0.4) is 0 Å². The van der Waals surface area contributed by atoms with Gasteiger partial charge < -0.3 is 0 Å². The predicted octanol–water partition coefficient (Wildman–Crippen LogP) is 12.1. The van der Waals surface area contributed by atoms with Crippen LogP contribution in [-0.4, -0.2) is 0 Å². The molecule has 2 aliphatic rings. The van der Waals surface area contributed by atoms with E-state index < -0.39 is 23.3 Å². The number of benzene rings is 3. The molecule has 42 heavy (non-hydrogen) atoms. The van der Waals surface area contributed by atoms with Crippen LogP contribution in [0.15, 0.2) is 66.7 Å². The SMILES string of the molecule is C/C=C/C1CCC(C2CCC(CCC)CC2)CC1.CCc1ccc(-c2ccc(-c3cc(F)c(F)c(F)c3)c(F)c2)cc1. The molecule has 4 heteroatoms. The lowest BCUT2D eigenvalue weighted by atomic mass is 9.69. The van der Waals surface area contributed by atoms with E-state index in [1.54, 1.807) is 18.9 Å². The molecule has 2 aliphatic carbocycles. The van der Waals surface area contributed by atoms with Crippen molar-refractivity contribution in [2.24, 2.45) is 23.7 Å². The predicted molar refractivity (Wildman–Crippen MR) is 167 cm³/mol. The average molecular weight is 579 g/mol. The molecule has 0 saturated heterocycles. The van der Waals surface area contributed by atoms with Crippen LogP contribution in [0.5, 0.6) is 0 Å². The van der Waals surface area contributed by atoms with Crippen molar-refractivity contribution in [1.82, 2.24) is 0 Å². The maximum Gasteiger partial charge on any atom is 0.194 e. The zero-order valence-corrected chi connectivity index (χ0v) is 25.5. The van der Waals surface area contributed by atoms with Crippen molar-refractivity contribution in [1.29, 1.82) is 0 Å². The van der Waals surface area contributed by atoms with Crippen molar-refractivity contribution in [2.45, 2.75) is 91.4 Å². The van der Waals surface area contributed by atoms with E-state index in [9.17, 15) is 17.6 Å². The van der Waals surface area contributed by atoms with Crippen molar-refractivity contribution in [3.05, 3.63) is 95.6 Å². The molecular weight excluding hydrogens is 532 g/mol. The topological polar surface area (TPSA) is 0 Å². The lowest BCUT2D eigenvalue weighted by Gasteiger charge is -2.37. The number of hydrogen-bond acceptors (Lipinski definition) is 0. The largest absolute Gasteiger partial charge is 0.206 e. The molecule has 5 rings (SSSR count). The Morgan fingerprint density at radius 3 is 1.71 bits per heavy atom. The molecule has 0 aliphatic heterocycles. The average Bonchev–Trinajstić information content (AvgIpc) is 3.01. The zero-order valence-electron chi connectivity index (χ0n) is 25.5. The van der Waals surface area contributed by atoms with Crippen LogP contribution in [-0.2, 0) is 6.42 Å². The molecule has 0 N–H and O–H groups in total. The third-order valence-corrected chi connectivity index (χ3v) is 9.50. The second kappa shape index (κ2) is 15.5. The summed E-state index contributed by atoms with van der Waals surface area (Å²) in [4.78, 5) is 0. The number of halogens is 4. The van der Waals surface area contributed by atoms with E-state index in [-0.39, 0.29) is 11.1 Å². The first-order chi connectivity index (χ1) is 20.3. The standard InChI is InChI=1S/C20H14F4.C18H32/c1-2-12-3-5-13(6-4-12)14-7-8-16(17(21)9-14)15-10-18(22)20(24)19(23)11-15;1-3-5-15-7-11-17(12-8-15)18-13-9-16(6-4-2)10-14-18/h3-11H,2H2,1H3;3,5,15-18H,4,6-14H2,1-2H3/b;5-3+. The fraction of sp³-hybridized carbons (Fsp3) is 0.474. The van der Waals surface area contributed by atoms with Crippen LogP contribution in [0.4, 0.5) is 17.6 Å². The third kappa shape index (κ3) is 8.36. The van der Waals surface area contributed by atoms with Gasteiger partial charge in [0.1, 0.15) is 5.82 Å². The molecule has 0 spiro atoms. The molecule has 0 unspecified atom stereocenters. The van der Waals surface area contributed by atoms with E-state index in [2.05, 4.69) is 26.0 Å². The molecule has 3 aromatic carbocycles. The van der Waals surface area contributed by atoms with Gasteiger partial charge in [-0.3, -0.25) is 0 Å². The van der Waals surface area contributed by atoms with Gasteiger partial charge in [0.25, 0.3) is 0 Å². The summed E-state index contributed by atoms with van der Waals surface area (Å²) in [7, 11) is 0. The van der Waals surface area contributed by atoms with Crippen molar-refractivity contribution in [2.75, 3.05) is 0 Å². The molecule has 0 aromatic heterocycles. The smallest absolute Gasteiger partial charge is 0.194 e. The first-order valence-electron chi connectivity index (χ1n) is 16.0. The van der Waals surface area contributed by atoms with Gasteiger partial charge in [-0.05, 0) is 116 Å². The minimum atomic E-state index is -1.56. The maximum absolute atomic E-state index is 14.4. The maximum atomic E-state index is 14.4. The molecule has 226 valence electrons. The molecule has 3 aromatic rings. The van der Waals surface area contributed by atoms with Gasteiger partial charge in [-0.1, -0.05) is 88.1 Å². The zero-order chi connectivity index (χ0) is 30.1. The third-order valence-electron chi connectivity index (χ3n) is 9.50. The number of allylic oxidation sites excluding steroid dienone is 2. The van der Waals surface area contributed by atoms with Gasteiger partial charge in [0.15, 0.2) is 17.5 Å². The fourth-order valence-corrected chi connectivity index (χ4v) is 7.01. The van der Waals surface area contributed by atoms with Crippen LogP contribution >= 0.6 is 0 Å². The van der Waals surface area contributed by atoms with Gasteiger partial charge in [-0.15, -0.1) is 0 Å². The summed E-state index contributed by atoms with van der Waals surface area (Å²) < 4.78 is 54.1. The van der Waals surface area contributed by atoms with Crippen LogP contribution in [0.2, 0.25) is 0 Å². The van der Waals surface area contributed by atoms with Gasteiger partial charge in [-0.2, -0.15) is 0 Å². The van der Waals surface area contributed by atoms with E-state index in [1.165, 1.54) is 69.1 Å². The van der Waals surface area contributed by atoms with Crippen molar-refractivity contribution >= 4 is 0 Å². The van der Waals surface area contributed by atoms with Gasteiger partial charge in [0.05, 0.1) is 0 Å². The van der Waals surface area contributed by atoms with Crippen LogP contribution in [0, 0.1) is 46.9 Å². The summed E-state index contributed by atoms with van der Waals surface area (Å²) in [6.45, 7) is 6.56. The van der Waals surface area contributed by atoms with Gasteiger partial charge in [0, 0.05) is 5.56 Å². The molecule has 0 amide bonds. The van der Waals surface area contributed by atoms with Gasteiger partial charge in [0.2, 0.25) is 0 Å². The summed E-state index contributed by atoms with van der Waals surface area (Å²) in [6.07, 6.45) is 20.6. The number of hydrogen-bond donors (Lipinski definition) is 0. The highest BCUT2D eigenvalue weighted by molar-refractivity contribution is 5.71. The second-order valence-electron chi connectivity index (χ2n) is 12.3. The lowest BCUT2D eigenvalue weighted by molar-refractivity contribution is 0.152. The minimum Gasteiger partial charge on any atom is -0.206 e. The number of rotatable bonds is 7. The van der Waals surface area contributed by atoms with Crippen LogP contribution < -0.4 is 0 Å². The summed E-state index contributed by atoms with van der Waals surface area (Å²) in [6, 6.07) is 13.7.